The maximum Gasteiger partial charge on any atom is 0.410 e. The third-order valence-electron chi connectivity index (χ3n) is 3.28. The van der Waals surface area contributed by atoms with Crippen molar-refractivity contribution in [2.24, 2.45) is 4.78 Å². The molecule has 0 saturated carbocycles. The number of rotatable bonds is 4. The number of carbonyl (C=O) groups excluding carboxylic acids is 1. The van der Waals surface area contributed by atoms with Gasteiger partial charge in [0, 0.05) is 0 Å². The molecule has 0 amide bonds. The van der Waals surface area contributed by atoms with E-state index in [4.69, 9.17) is 10.3 Å². The van der Waals surface area contributed by atoms with Crippen LogP contribution in [-0.2, 0) is 9.53 Å². The van der Waals surface area contributed by atoms with Crippen LogP contribution in [0.1, 0.15) is 48.5 Å². The molecule has 0 aliphatic rings. The molecule has 0 unspecified atom stereocenters. The summed E-state index contributed by atoms with van der Waals surface area (Å²) in [6, 6.07) is 0. The molecular weight excluding hydrogens is 274 g/mol. The number of hydrogen-bond acceptors (Lipinski definition) is 3. The molecular formula is C12H23N5O2Si. The quantitative estimate of drug-likeness (QED) is 0.197. The Morgan fingerprint density at radius 2 is 1.60 bits per heavy atom. The molecule has 0 radical (unpaired) electrons. The van der Waals surface area contributed by atoms with Crippen LogP contribution in [0.25, 0.3) is 16.0 Å². The molecule has 0 aromatic heterocycles. The van der Waals surface area contributed by atoms with Gasteiger partial charge in [-0.25, -0.2) is 4.79 Å². The average molecular weight is 297 g/mol. The zero-order valence-corrected chi connectivity index (χ0v) is 14.3. The van der Waals surface area contributed by atoms with E-state index in [0.29, 0.717) is 0 Å². The van der Waals surface area contributed by atoms with Crippen molar-refractivity contribution < 1.29 is 14.3 Å². The number of azide groups is 1. The van der Waals surface area contributed by atoms with Gasteiger partial charge >= 0.3 is 19.5 Å². The van der Waals surface area contributed by atoms with E-state index in [1.807, 2.05) is 41.5 Å². The van der Waals surface area contributed by atoms with Gasteiger partial charge in [0.25, 0.3) is 0 Å². The second kappa shape index (κ2) is 6.22. The minimum atomic E-state index is -3.19. The zero-order valence-electron chi connectivity index (χ0n) is 13.3. The van der Waals surface area contributed by atoms with Crippen LogP contribution >= 0.6 is 0 Å². The monoisotopic (exact) mass is 297 g/mol. The zero-order chi connectivity index (χ0) is 16.2. The first-order chi connectivity index (χ1) is 8.99. The van der Waals surface area contributed by atoms with Crippen LogP contribution in [0.2, 0.25) is 10.1 Å². The number of ether oxygens (including phenoxy) is 1. The number of esters is 1. The summed E-state index contributed by atoms with van der Waals surface area (Å²) >= 11 is 0. The van der Waals surface area contributed by atoms with Crippen LogP contribution in [0, 0.1) is 0 Å². The minimum absolute atomic E-state index is 0.142. The molecule has 20 heavy (non-hydrogen) atoms. The largest absolute Gasteiger partial charge is 0.458 e. The predicted molar refractivity (Wildman–Crippen MR) is 79.6 cm³/mol. The van der Waals surface area contributed by atoms with Crippen molar-refractivity contribution in [1.29, 1.82) is 0 Å². The van der Waals surface area contributed by atoms with Crippen LogP contribution in [0.3, 0.4) is 0 Å². The topological polar surface area (TPSA) is 111 Å². The Kier molecular flexibility index (Phi) is 5.71. The molecule has 0 aliphatic carbocycles. The van der Waals surface area contributed by atoms with Crippen molar-refractivity contribution >= 4 is 19.5 Å². The minimum Gasteiger partial charge on any atom is -0.458 e. The van der Waals surface area contributed by atoms with Gasteiger partial charge in [-0.2, -0.15) is 4.79 Å². The highest BCUT2D eigenvalue weighted by molar-refractivity contribution is 7.15. The van der Waals surface area contributed by atoms with Crippen molar-refractivity contribution in [1.82, 2.24) is 0 Å². The molecule has 0 rings (SSSR count). The van der Waals surface area contributed by atoms with Gasteiger partial charge in [-0.3, -0.25) is 0 Å². The van der Waals surface area contributed by atoms with Gasteiger partial charge < -0.3 is 10.3 Å². The first-order valence-corrected chi connectivity index (χ1v) is 8.40. The van der Waals surface area contributed by atoms with Crippen LogP contribution < -0.4 is 0 Å². The molecule has 0 atom stereocenters. The van der Waals surface area contributed by atoms with Crippen molar-refractivity contribution in [2.75, 3.05) is 6.61 Å². The van der Waals surface area contributed by atoms with Gasteiger partial charge in [0.05, 0.1) is 6.61 Å². The van der Waals surface area contributed by atoms with E-state index >= 15 is 0 Å². The van der Waals surface area contributed by atoms with E-state index in [9.17, 15) is 10.3 Å². The molecule has 8 heteroatoms. The van der Waals surface area contributed by atoms with Gasteiger partial charge in [-0.1, -0.05) is 41.5 Å². The normalized spacial score (nSPS) is 12.2. The molecule has 0 aromatic carbocycles. The Morgan fingerprint density at radius 3 is 1.85 bits per heavy atom. The summed E-state index contributed by atoms with van der Waals surface area (Å²) in [5.74, 6) is -0.723. The number of hydrogen-bond donors (Lipinski definition) is 0. The lowest BCUT2D eigenvalue weighted by Gasteiger charge is -2.43. The highest BCUT2D eigenvalue weighted by Crippen LogP contribution is 2.52. The lowest BCUT2D eigenvalue weighted by molar-refractivity contribution is -0.139. The molecule has 0 saturated heterocycles. The maximum atomic E-state index is 12.1. The third kappa shape index (κ3) is 3.09. The number of carbonyl (C=O) groups is 1. The Bertz CT molecular complexity index is 463. The summed E-state index contributed by atoms with van der Waals surface area (Å²) in [4.78, 5) is 18.2. The fraction of sp³-hybridized carbons (Fsp3) is 0.833. The van der Waals surface area contributed by atoms with Crippen molar-refractivity contribution in [3.63, 3.8) is 0 Å². The Labute approximate surface area is 120 Å². The fourth-order valence-corrected chi connectivity index (χ4v) is 7.72. The molecule has 0 spiro atoms. The standard InChI is InChI=1S/C12H23N5O2Si/c1-8-19-10(18)9(15-13)20(17-16-14,11(2,3)4)12(5,6)7/h8H2,1-7H3. The Hall–Kier alpha value is -1.62. The SMILES string of the molecule is CCOC(=O)C(=[N+]=[N-])[Si](N=[N+]=[N-])(C(C)(C)C)C(C)(C)C. The first-order valence-electron chi connectivity index (χ1n) is 6.45. The second-order valence-electron chi connectivity index (χ2n) is 6.57. The molecule has 112 valence electrons. The Balaban J connectivity index is 6.48. The molecule has 0 aromatic rings. The van der Waals surface area contributed by atoms with Gasteiger partial charge in [0.2, 0.25) is 0 Å². The first kappa shape index (κ1) is 18.4. The smallest absolute Gasteiger partial charge is 0.410 e. The van der Waals surface area contributed by atoms with Crippen LogP contribution in [0.15, 0.2) is 4.78 Å². The van der Waals surface area contributed by atoms with Gasteiger partial charge in [0.15, 0.2) is 0 Å². The van der Waals surface area contributed by atoms with E-state index in [0.717, 1.165) is 0 Å². The lowest BCUT2D eigenvalue weighted by atomic mass is 10.2. The van der Waals surface area contributed by atoms with Crippen LogP contribution in [0.4, 0.5) is 0 Å². The van der Waals surface area contributed by atoms with E-state index in [1.165, 1.54) is 0 Å². The average Bonchev–Trinajstić information content (AvgIpc) is 2.25. The van der Waals surface area contributed by atoms with E-state index in [-0.39, 0.29) is 11.9 Å². The van der Waals surface area contributed by atoms with E-state index < -0.39 is 24.3 Å². The fourth-order valence-electron chi connectivity index (χ4n) is 2.71. The van der Waals surface area contributed by atoms with Gasteiger partial charge in [-0.05, 0) is 27.4 Å². The van der Waals surface area contributed by atoms with Crippen LogP contribution in [-0.4, -0.2) is 30.9 Å². The Morgan fingerprint density at radius 1 is 1.15 bits per heavy atom. The highest BCUT2D eigenvalue weighted by Gasteiger charge is 2.65. The summed E-state index contributed by atoms with van der Waals surface area (Å²) in [6.45, 7) is 13.1. The van der Waals surface area contributed by atoms with Crippen molar-refractivity contribution in [2.45, 2.75) is 58.5 Å². The van der Waals surface area contributed by atoms with E-state index in [2.05, 4.69) is 14.5 Å². The van der Waals surface area contributed by atoms with Crippen molar-refractivity contribution in [3.8, 4) is 0 Å². The van der Waals surface area contributed by atoms with Crippen LogP contribution in [0.5, 0.6) is 0 Å². The summed E-state index contributed by atoms with van der Waals surface area (Å²) < 4.78 is 8.96. The molecule has 7 nitrogen and oxygen atoms in total. The van der Waals surface area contributed by atoms with Gasteiger partial charge in [0.1, 0.15) is 0 Å². The number of nitrogens with zero attached hydrogens (tertiary/aromatic N) is 5. The third-order valence-corrected chi connectivity index (χ3v) is 9.00. The van der Waals surface area contributed by atoms with E-state index in [1.54, 1.807) is 6.92 Å². The summed E-state index contributed by atoms with van der Waals surface area (Å²) in [5.41, 5.74) is 18.3. The molecule has 0 heterocycles. The molecule has 0 fully saturated rings. The molecule has 0 bridgehead atoms. The lowest BCUT2D eigenvalue weighted by Crippen LogP contribution is -2.60. The predicted octanol–water partition coefficient (Wildman–Crippen LogP) is 3.62. The maximum absolute atomic E-state index is 12.1. The van der Waals surface area contributed by atoms with Crippen molar-refractivity contribution in [3.05, 3.63) is 16.0 Å². The highest BCUT2D eigenvalue weighted by atomic mass is 28.3. The molecule has 0 aliphatic heterocycles. The molecule has 0 N–H and O–H groups in total. The summed E-state index contributed by atoms with van der Waals surface area (Å²) in [5, 5.41) is -1.19. The summed E-state index contributed by atoms with van der Waals surface area (Å²) in [6.07, 6.45) is 0. The summed E-state index contributed by atoms with van der Waals surface area (Å²) in [7, 11) is -3.19. The van der Waals surface area contributed by atoms with Gasteiger partial charge in [-0.15, -0.1) is 4.78 Å². The second-order valence-corrected chi connectivity index (χ2v) is 11.7.